The van der Waals surface area contributed by atoms with Gasteiger partial charge in [0, 0.05) is 21.7 Å². The van der Waals surface area contributed by atoms with Gasteiger partial charge in [-0.05, 0) is 29.3 Å². The number of ketones is 1. The molecule has 0 N–H and O–H groups in total. The summed E-state index contributed by atoms with van der Waals surface area (Å²) in [5, 5.41) is 0.258. The maximum Gasteiger partial charge on any atom is 0.299 e. The molecule has 0 radical (unpaired) electrons. The predicted octanol–water partition coefficient (Wildman–Crippen LogP) is 4.88. The van der Waals surface area contributed by atoms with E-state index in [0.29, 0.717) is 11.1 Å². The molecule has 0 bridgehead atoms. The summed E-state index contributed by atoms with van der Waals surface area (Å²) in [4.78, 5) is 11.6. The highest BCUT2D eigenvalue weighted by atomic mass is 35.5. The highest BCUT2D eigenvalue weighted by Gasteiger charge is 2.44. The monoisotopic (exact) mass is 312 g/mol. The summed E-state index contributed by atoms with van der Waals surface area (Å²) in [5.74, 6) is -3.76. The summed E-state index contributed by atoms with van der Waals surface area (Å²) >= 11 is 11.3. The first-order valence-corrected chi connectivity index (χ1v) is 6.78. The van der Waals surface area contributed by atoms with Crippen LogP contribution in [0.15, 0.2) is 36.4 Å². The van der Waals surface area contributed by atoms with Crippen molar-refractivity contribution in [1.29, 1.82) is 0 Å². The van der Waals surface area contributed by atoms with Crippen LogP contribution in [0.4, 0.5) is 8.78 Å². The van der Waals surface area contributed by atoms with E-state index in [1.54, 1.807) is 12.1 Å². The number of carbonyl (C=O) groups is 1. The molecule has 0 spiro atoms. The van der Waals surface area contributed by atoms with E-state index < -0.39 is 5.92 Å². The van der Waals surface area contributed by atoms with Crippen molar-refractivity contribution in [2.24, 2.45) is 0 Å². The van der Waals surface area contributed by atoms with Crippen LogP contribution < -0.4 is 0 Å². The molecule has 2 aromatic carbocycles. The largest absolute Gasteiger partial charge is 0.299 e. The van der Waals surface area contributed by atoms with Gasteiger partial charge in [0.1, 0.15) is 0 Å². The Balaban J connectivity index is 2.24. The van der Waals surface area contributed by atoms with Crippen molar-refractivity contribution < 1.29 is 13.6 Å². The highest BCUT2D eigenvalue weighted by Crippen LogP contribution is 2.51. The number of Topliss-reactive ketones (excluding diaryl/α,β-unsaturated/α-hetero) is 1. The first kappa shape index (κ1) is 13.5. The minimum Gasteiger partial charge on any atom is -0.293 e. The molecular formula is C15H8Cl2F2O. The molecule has 0 saturated heterocycles. The van der Waals surface area contributed by atoms with Gasteiger partial charge in [-0.2, -0.15) is 8.78 Å². The third kappa shape index (κ3) is 1.85. The molecule has 5 heteroatoms. The van der Waals surface area contributed by atoms with Crippen LogP contribution in [0, 0.1) is 0 Å². The fourth-order valence-corrected chi connectivity index (χ4v) is 2.77. The van der Waals surface area contributed by atoms with E-state index in [9.17, 15) is 13.6 Å². The van der Waals surface area contributed by atoms with Crippen LogP contribution in [-0.2, 0) is 5.92 Å². The summed E-state index contributed by atoms with van der Waals surface area (Å²) in [7, 11) is 0. The lowest BCUT2D eigenvalue weighted by atomic mass is 10.0. The molecule has 20 heavy (non-hydrogen) atoms. The Morgan fingerprint density at radius 2 is 1.65 bits per heavy atom. The summed E-state index contributed by atoms with van der Waals surface area (Å²) in [5.41, 5.74) is 0.755. The van der Waals surface area contributed by atoms with Gasteiger partial charge < -0.3 is 0 Å². The van der Waals surface area contributed by atoms with Gasteiger partial charge in [-0.15, -0.1) is 11.6 Å². The molecule has 102 valence electrons. The van der Waals surface area contributed by atoms with Crippen LogP contribution in [0.3, 0.4) is 0 Å². The lowest BCUT2D eigenvalue weighted by Gasteiger charge is -2.12. The second kappa shape index (κ2) is 4.54. The molecule has 0 saturated carbocycles. The van der Waals surface area contributed by atoms with E-state index in [2.05, 4.69) is 0 Å². The predicted molar refractivity (Wildman–Crippen MR) is 74.9 cm³/mol. The number of fused-ring (bicyclic) bond motifs is 3. The fraction of sp³-hybridized carbons (Fsp3) is 0.133. The van der Waals surface area contributed by atoms with Gasteiger partial charge >= 0.3 is 0 Å². The molecule has 0 unspecified atom stereocenters. The van der Waals surface area contributed by atoms with E-state index in [1.165, 1.54) is 24.3 Å². The van der Waals surface area contributed by atoms with Gasteiger partial charge in [0.15, 0.2) is 5.78 Å². The number of hydrogen-bond donors (Lipinski definition) is 0. The second-order valence-corrected chi connectivity index (χ2v) is 5.29. The van der Waals surface area contributed by atoms with Gasteiger partial charge in [0.05, 0.1) is 5.88 Å². The molecule has 1 nitrogen and oxygen atoms in total. The average Bonchev–Trinajstić information content (AvgIpc) is 2.66. The third-order valence-electron chi connectivity index (χ3n) is 3.41. The lowest BCUT2D eigenvalue weighted by Crippen LogP contribution is -2.12. The van der Waals surface area contributed by atoms with E-state index in [1.807, 2.05) is 0 Å². The molecule has 0 amide bonds. The molecule has 1 aliphatic carbocycles. The summed E-state index contributed by atoms with van der Waals surface area (Å²) < 4.78 is 28.9. The van der Waals surface area contributed by atoms with Crippen molar-refractivity contribution in [3.63, 3.8) is 0 Å². The highest BCUT2D eigenvalue weighted by molar-refractivity contribution is 6.31. The number of hydrogen-bond acceptors (Lipinski definition) is 1. The van der Waals surface area contributed by atoms with Crippen LogP contribution in [0.1, 0.15) is 21.5 Å². The van der Waals surface area contributed by atoms with Crippen molar-refractivity contribution in [3.8, 4) is 11.1 Å². The van der Waals surface area contributed by atoms with Crippen LogP contribution in [0.5, 0.6) is 0 Å². The van der Waals surface area contributed by atoms with Crippen LogP contribution in [0.25, 0.3) is 11.1 Å². The van der Waals surface area contributed by atoms with Gasteiger partial charge in [-0.1, -0.05) is 29.8 Å². The number of rotatable bonds is 2. The van der Waals surface area contributed by atoms with Crippen molar-refractivity contribution in [2.75, 3.05) is 5.88 Å². The maximum absolute atomic E-state index is 14.5. The lowest BCUT2D eigenvalue weighted by molar-refractivity contribution is 0.0479. The Morgan fingerprint density at radius 1 is 1.05 bits per heavy atom. The Kier molecular flexibility index (Phi) is 3.07. The number of halogens is 4. The van der Waals surface area contributed by atoms with Crippen LogP contribution in [-0.4, -0.2) is 11.7 Å². The molecule has 0 atom stereocenters. The smallest absolute Gasteiger partial charge is 0.293 e. The zero-order valence-corrected chi connectivity index (χ0v) is 11.6. The summed E-state index contributed by atoms with van der Waals surface area (Å²) in [6.07, 6.45) is 0. The third-order valence-corrected chi connectivity index (χ3v) is 3.89. The first-order valence-electron chi connectivity index (χ1n) is 5.87. The number of carbonyl (C=O) groups excluding carboxylic acids is 1. The molecule has 0 heterocycles. The first-order chi connectivity index (χ1) is 9.45. The molecule has 1 aliphatic rings. The van der Waals surface area contributed by atoms with Crippen molar-refractivity contribution in [3.05, 3.63) is 58.1 Å². The topological polar surface area (TPSA) is 17.1 Å². The Morgan fingerprint density at radius 3 is 2.30 bits per heavy atom. The molecule has 0 fully saturated rings. The molecule has 0 aromatic heterocycles. The minimum absolute atomic E-state index is 0.129. The van der Waals surface area contributed by atoms with Crippen molar-refractivity contribution >= 4 is 29.0 Å². The Bertz CT molecular complexity index is 726. The fourth-order valence-electron chi connectivity index (χ4n) is 2.45. The van der Waals surface area contributed by atoms with Gasteiger partial charge in [-0.3, -0.25) is 4.79 Å². The quantitative estimate of drug-likeness (QED) is 0.570. The number of alkyl halides is 3. The van der Waals surface area contributed by atoms with E-state index in [4.69, 9.17) is 23.2 Å². The van der Waals surface area contributed by atoms with E-state index in [-0.39, 0.29) is 33.4 Å². The normalized spacial score (nSPS) is 14.8. The zero-order chi connectivity index (χ0) is 14.5. The van der Waals surface area contributed by atoms with E-state index >= 15 is 0 Å². The van der Waals surface area contributed by atoms with E-state index in [0.717, 1.165) is 0 Å². The van der Waals surface area contributed by atoms with Crippen LogP contribution in [0.2, 0.25) is 5.02 Å². The molecule has 2 aromatic rings. The number of benzene rings is 2. The average molecular weight is 313 g/mol. The minimum atomic E-state index is -3.15. The summed E-state index contributed by atoms with van der Waals surface area (Å²) in [6, 6.07) is 8.67. The van der Waals surface area contributed by atoms with Crippen molar-refractivity contribution in [1.82, 2.24) is 0 Å². The van der Waals surface area contributed by atoms with Gasteiger partial charge in [0.25, 0.3) is 5.92 Å². The SMILES string of the molecule is O=C(CCl)c1ccc2c(c1)C(F)(F)c1cc(Cl)ccc1-2. The Labute approximate surface area is 124 Å². The molecular weight excluding hydrogens is 305 g/mol. The van der Waals surface area contributed by atoms with Gasteiger partial charge in [0.2, 0.25) is 0 Å². The van der Waals surface area contributed by atoms with Gasteiger partial charge in [-0.25, -0.2) is 0 Å². The second-order valence-electron chi connectivity index (χ2n) is 4.58. The zero-order valence-electron chi connectivity index (χ0n) is 10.1. The maximum atomic E-state index is 14.5. The molecule has 0 aliphatic heterocycles. The van der Waals surface area contributed by atoms with Crippen molar-refractivity contribution in [2.45, 2.75) is 5.92 Å². The Hall–Kier alpha value is -1.45. The molecule has 3 rings (SSSR count). The standard InChI is InChI=1S/C15H8Cl2F2O/c16-7-14(20)8-1-3-10-11-4-2-9(17)6-13(11)15(18,19)12(10)5-8/h1-6H,7H2. The summed E-state index contributed by atoms with van der Waals surface area (Å²) in [6.45, 7) is 0. The van der Waals surface area contributed by atoms with Crippen LogP contribution >= 0.6 is 23.2 Å².